The van der Waals surface area contributed by atoms with Crippen molar-refractivity contribution in [3.63, 3.8) is 0 Å². The Kier molecular flexibility index (Phi) is 5.30. The van der Waals surface area contributed by atoms with Gasteiger partial charge in [0.2, 0.25) is 0 Å². The maximum Gasteiger partial charge on any atom is 0.114 e. The molecule has 0 bridgehead atoms. The highest BCUT2D eigenvalue weighted by atomic mass is 32.2. The second-order valence-corrected chi connectivity index (χ2v) is 6.70. The Hall–Kier alpha value is -0.920. The van der Waals surface area contributed by atoms with E-state index in [1.807, 2.05) is 19.9 Å². The van der Waals surface area contributed by atoms with Gasteiger partial charge in [-0.2, -0.15) is 5.26 Å². The molecule has 1 rings (SSSR count). The Labute approximate surface area is 114 Å². The number of furan rings is 1. The van der Waals surface area contributed by atoms with Gasteiger partial charge in [-0.1, -0.05) is 6.92 Å². The quantitative estimate of drug-likeness (QED) is 0.797. The normalized spacial score (nSPS) is 16.3. The number of thioether (sulfide) groups is 1. The van der Waals surface area contributed by atoms with Gasteiger partial charge in [0.1, 0.15) is 11.3 Å². The minimum atomic E-state index is -0.474. The smallest absolute Gasteiger partial charge is 0.114 e. The van der Waals surface area contributed by atoms with E-state index in [1.165, 1.54) is 0 Å². The molecule has 0 saturated carbocycles. The van der Waals surface area contributed by atoms with Crippen LogP contribution < -0.4 is 5.32 Å². The lowest BCUT2D eigenvalue weighted by atomic mass is 9.97. The third kappa shape index (κ3) is 4.40. The van der Waals surface area contributed by atoms with E-state index >= 15 is 0 Å². The van der Waals surface area contributed by atoms with Crippen LogP contribution in [0.2, 0.25) is 0 Å². The van der Waals surface area contributed by atoms with Crippen molar-refractivity contribution in [1.29, 1.82) is 5.26 Å². The lowest BCUT2D eigenvalue weighted by Gasteiger charge is -2.28. The molecule has 0 aromatic carbocycles. The molecule has 1 N–H and O–H groups in total. The maximum atomic E-state index is 9.32. The van der Waals surface area contributed by atoms with E-state index in [4.69, 9.17) is 4.42 Å². The van der Waals surface area contributed by atoms with Gasteiger partial charge in [0.15, 0.2) is 0 Å². The van der Waals surface area contributed by atoms with E-state index in [-0.39, 0.29) is 0 Å². The maximum absolute atomic E-state index is 9.32. The molecule has 0 spiro atoms. The third-order valence-electron chi connectivity index (χ3n) is 2.69. The average molecular weight is 266 g/mol. The highest BCUT2D eigenvalue weighted by Crippen LogP contribution is 2.31. The van der Waals surface area contributed by atoms with E-state index in [1.54, 1.807) is 18.0 Å². The van der Waals surface area contributed by atoms with Crippen molar-refractivity contribution >= 4 is 11.8 Å². The topological polar surface area (TPSA) is 49.0 Å². The first kappa shape index (κ1) is 15.1. The van der Waals surface area contributed by atoms with Crippen LogP contribution in [0, 0.1) is 18.3 Å². The molecule has 0 aliphatic rings. The number of nitriles is 1. The van der Waals surface area contributed by atoms with E-state index in [2.05, 4.69) is 32.2 Å². The molecule has 2 atom stereocenters. The Balaban J connectivity index is 2.60. The highest BCUT2D eigenvalue weighted by molar-refractivity contribution is 8.00. The van der Waals surface area contributed by atoms with Gasteiger partial charge in [-0.15, -0.1) is 11.8 Å². The number of hydrogen-bond donors (Lipinski definition) is 1. The van der Waals surface area contributed by atoms with Crippen molar-refractivity contribution in [3.8, 4) is 6.07 Å². The first-order valence-electron chi connectivity index (χ1n) is 6.26. The monoisotopic (exact) mass is 266 g/mol. The second-order valence-electron chi connectivity index (χ2n) is 5.22. The van der Waals surface area contributed by atoms with E-state index < -0.39 is 5.54 Å². The SMILES string of the molecule is Cc1occc1SC(C)CC(C)(C#N)NC(C)C. The van der Waals surface area contributed by atoms with E-state index in [9.17, 15) is 5.26 Å². The predicted octanol–water partition coefficient (Wildman–Crippen LogP) is 3.74. The molecule has 0 radical (unpaired) electrons. The largest absolute Gasteiger partial charge is 0.468 e. The van der Waals surface area contributed by atoms with E-state index in [0.29, 0.717) is 11.3 Å². The standard InChI is InChI=1S/C14H22N2OS/c1-10(2)16-14(5,9-15)8-11(3)18-13-6-7-17-12(13)4/h6-7,10-11,16H,8H2,1-5H3. The van der Waals surface area contributed by atoms with Crippen LogP contribution in [0.4, 0.5) is 0 Å². The van der Waals surface area contributed by atoms with Crippen molar-refractivity contribution in [2.24, 2.45) is 0 Å². The molecule has 3 nitrogen and oxygen atoms in total. The molecule has 2 unspecified atom stereocenters. The Morgan fingerprint density at radius 1 is 1.50 bits per heavy atom. The lowest BCUT2D eigenvalue weighted by Crippen LogP contribution is -2.46. The average Bonchev–Trinajstić information content (AvgIpc) is 2.63. The van der Waals surface area contributed by atoms with Gasteiger partial charge in [0.05, 0.1) is 12.3 Å². The molecule has 1 aromatic heterocycles. The number of hydrogen-bond acceptors (Lipinski definition) is 4. The van der Waals surface area contributed by atoms with Crippen LogP contribution in [-0.4, -0.2) is 16.8 Å². The third-order valence-corrected chi connectivity index (χ3v) is 3.94. The van der Waals surface area contributed by atoms with Crippen LogP contribution in [-0.2, 0) is 0 Å². The fourth-order valence-corrected chi connectivity index (χ4v) is 3.30. The summed E-state index contributed by atoms with van der Waals surface area (Å²) >= 11 is 1.76. The first-order valence-corrected chi connectivity index (χ1v) is 7.14. The van der Waals surface area contributed by atoms with Gasteiger partial charge >= 0.3 is 0 Å². The summed E-state index contributed by atoms with van der Waals surface area (Å²) in [6, 6.07) is 4.68. The van der Waals surface area contributed by atoms with Crippen LogP contribution in [0.25, 0.3) is 0 Å². The molecule has 0 saturated heterocycles. The first-order chi connectivity index (χ1) is 8.36. The van der Waals surface area contributed by atoms with Crippen molar-refractivity contribution in [2.45, 2.75) is 62.8 Å². The molecule has 4 heteroatoms. The second kappa shape index (κ2) is 6.31. The van der Waals surface area contributed by atoms with Gasteiger partial charge in [0.25, 0.3) is 0 Å². The fraction of sp³-hybridized carbons (Fsp3) is 0.643. The predicted molar refractivity (Wildman–Crippen MR) is 75.7 cm³/mol. The van der Waals surface area contributed by atoms with Gasteiger partial charge < -0.3 is 4.42 Å². The lowest BCUT2D eigenvalue weighted by molar-refractivity contribution is 0.382. The molecule has 18 heavy (non-hydrogen) atoms. The number of nitrogens with zero attached hydrogens (tertiary/aromatic N) is 1. The van der Waals surface area contributed by atoms with Gasteiger partial charge in [-0.05, 0) is 40.2 Å². The molecular weight excluding hydrogens is 244 g/mol. The van der Waals surface area contributed by atoms with Gasteiger partial charge in [-0.3, -0.25) is 5.32 Å². The van der Waals surface area contributed by atoms with Crippen molar-refractivity contribution in [2.75, 3.05) is 0 Å². The van der Waals surface area contributed by atoms with Crippen LogP contribution in [0.5, 0.6) is 0 Å². The molecule has 0 amide bonds. The van der Waals surface area contributed by atoms with Crippen LogP contribution in [0.15, 0.2) is 21.6 Å². The van der Waals surface area contributed by atoms with E-state index in [0.717, 1.165) is 17.1 Å². The van der Waals surface area contributed by atoms with Crippen LogP contribution >= 0.6 is 11.8 Å². The zero-order chi connectivity index (χ0) is 13.8. The summed E-state index contributed by atoms with van der Waals surface area (Å²) < 4.78 is 5.28. The number of nitrogens with one attached hydrogen (secondary N) is 1. The Morgan fingerprint density at radius 2 is 2.17 bits per heavy atom. The van der Waals surface area contributed by atoms with Crippen LogP contribution in [0.1, 0.15) is 39.9 Å². The Bertz CT molecular complexity index is 422. The van der Waals surface area contributed by atoms with Gasteiger partial charge in [0, 0.05) is 16.2 Å². The minimum Gasteiger partial charge on any atom is -0.468 e. The van der Waals surface area contributed by atoms with Crippen molar-refractivity contribution in [3.05, 3.63) is 18.1 Å². The molecule has 0 aliphatic carbocycles. The molecule has 0 fully saturated rings. The molecule has 1 aromatic rings. The summed E-state index contributed by atoms with van der Waals surface area (Å²) in [6.07, 6.45) is 2.51. The summed E-state index contributed by atoms with van der Waals surface area (Å²) in [7, 11) is 0. The molecule has 1 heterocycles. The number of aryl methyl sites for hydroxylation is 1. The van der Waals surface area contributed by atoms with Crippen molar-refractivity contribution < 1.29 is 4.42 Å². The summed E-state index contributed by atoms with van der Waals surface area (Å²) in [6.45, 7) is 10.2. The summed E-state index contributed by atoms with van der Waals surface area (Å²) in [4.78, 5) is 1.16. The highest BCUT2D eigenvalue weighted by Gasteiger charge is 2.27. The molecular formula is C14H22N2OS. The number of rotatable bonds is 6. The van der Waals surface area contributed by atoms with Crippen molar-refractivity contribution in [1.82, 2.24) is 5.32 Å². The molecule has 0 aliphatic heterocycles. The zero-order valence-corrected chi connectivity index (χ0v) is 12.6. The Morgan fingerprint density at radius 3 is 2.61 bits per heavy atom. The minimum absolute atomic E-state index is 0.308. The van der Waals surface area contributed by atoms with Gasteiger partial charge in [-0.25, -0.2) is 0 Å². The fourth-order valence-electron chi connectivity index (χ4n) is 2.10. The summed E-state index contributed by atoms with van der Waals surface area (Å²) in [5, 5.41) is 13.0. The summed E-state index contributed by atoms with van der Waals surface area (Å²) in [5.41, 5.74) is -0.474. The summed E-state index contributed by atoms with van der Waals surface area (Å²) in [5.74, 6) is 0.947. The zero-order valence-electron chi connectivity index (χ0n) is 11.8. The molecule has 100 valence electrons. The van der Waals surface area contributed by atoms with Crippen LogP contribution in [0.3, 0.4) is 0 Å².